The Balaban J connectivity index is 2.11. The minimum absolute atomic E-state index is 0.0549. The van der Waals surface area contributed by atoms with Gasteiger partial charge < -0.3 is 15.1 Å². The molecule has 0 aliphatic carbocycles. The van der Waals surface area contributed by atoms with Crippen molar-refractivity contribution < 1.29 is 9.59 Å². The number of nitrogens with zero attached hydrogens (tertiary/aromatic N) is 3. The van der Waals surface area contributed by atoms with E-state index in [-0.39, 0.29) is 6.04 Å². The first-order chi connectivity index (χ1) is 10.0. The van der Waals surface area contributed by atoms with Crippen molar-refractivity contribution in [2.24, 2.45) is 0 Å². The zero-order valence-corrected chi connectivity index (χ0v) is 12.8. The van der Waals surface area contributed by atoms with Crippen molar-refractivity contribution >= 4 is 17.6 Å². The maximum absolute atomic E-state index is 12.2. The van der Waals surface area contributed by atoms with Gasteiger partial charge in [0.25, 0.3) is 0 Å². The highest BCUT2D eigenvalue weighted by Gasteiger charge is 2.33. The first-order valence-corrected chi connectivity index (χ1v) is 7.32. The van der Waals surface area contributed by atoms with Gasteiger partial charge in [0.05, 0.1) is 0 Å². The van der Waals surface area contributed by atoms with Gasteiger partial charge in [0.2, 0.25) is 0 Å². The second-order valence-corrected chi connectivity index (χ2v) is 5.36. The molecule has 0 radical (unpaired) electrons. The van der Waals surface area contributed by atoms with Gasteiger partial charge in [0, 0.05) is 44.0 Å². The van der Waals surface area contributed by atoms with Gasteiger partial charge >= 0.3 is 11.8 Å². The van der Waals surface area contributed by atoms with Crippen LogP contribution in [0.25, 0.3) is 0 Å². The van der Waals surface area contributed by atoms with Crippen LogP contribution in [0.4, 0.5) is 5.82 Å². The maximum atomic E-state index is 12.2. The molecule has 0 saturated carbocycles. The van der Waals surface area contributed by atoms with Crippen molar-refractivity contribution in [2.45, 2.75) is 33.4 Å². The molecular weight excluding hydrogens is 268 g/mol. The van der Waals surface area contributed by atoms with Crippen LogP contribution >= 0.6 is 0 Å². The molecule has 0 unspecified atom stereocenters. The smallest absolute Gasteiger partial charge is 0.312 e. The Bertz CT molecular complexity index is 530. The number of piperazine rings is 1. The van der Waals surface area contributed by atoms with E-state index in [0.29, 0.717) is 19.6 Å². The summed E-state index contributed by atoms with van der Waals surface area (Å²) in [5, 5.41) is 3.17. The van der Waals surface area contributed by atoms with Crippen LogP contribution in [-0.4, -0.2) is 52.3 Å². The summed E-state index contributed by atoms with van der Waals surface area (Å²) in [5.74, 6) is -0.0714. The van der Waals surface area contributed by atoms with Crippen molar-refractivity contribution in [3.63, 3.8) is 0 Å². The molecule has 114 valence electrons. The minimum Gasteiger partial charge on any atom is -0.370 e. The normalized spacial score (nSPS) is 15.8. The Hall–Kier alpha value is -2.11. The first-order valence-electron chi connectivity index (χ1n) is 7.32. The van der Waals surface area contributed by atoms with Gasteiger partial charge in [-0.1, -0.05) is 6.07 Å². The zero-order valence-electron chi connectivity index (χ0n) is 12.8. The molecule has 2 rings (SSSR count). The van der Waals surface area contributed by atoms with Crippen LogP contribution in [0.2, 0.25) is 0 Å². The lowest BCUT2D eigenvalue weighted by Gasteiger charge is -2.36. The monoisotopic (exact) mass is 290 g/mol. The summed E-state index contributed by atoms with van der Waals surface area (Å²) in [7, 11) is 0. The van der Waals surface area contributed by atoms with E-state index >= 15 is 0 Å². The second kappa shape index (κ2) is 6.56. The lowest BCUT2D eigenvalue weighted by Crippen LogP contribution is -2.55. The quantitative estimate of drug-likeness (QED) is 0.825. The van der Waals surface area contributed by atoms with Crippen LogP contribution in [-0.2, 0) is 16.1 Å². The molecule has 1 fully saturated rings. The van der Waals surface area contributed by atoms with Gasteiger partial charge in [0.1, 0.15) is 5.82 Å². The molecule has 1 aliphatic rings. The highest BCUT2D eigenvalue weighted by molar-refractivity contribution is 6.35. The molecule has 2 heterocycles. The number of carbonyl (C=O) groups excluding carboxylic acids is 2. The Morgan fingerprint density at radius 3 is 2.71 bits per heavy atom. The van der Waals surface area contributed by atoms with Crippen LogP contribution in [0.1, 0.15) is 26.3 Å². The topological polar surface area (TPSA) is 65.5 Å². The van der Waals surface area contributed by atoms with Crippen molar-refractivity contribution in [1.29, 1.82) is 0 Å². The minimum atomic E-state index is -0.429. The Morgan fingerprint density at radius 1 is 1.29 bits per heavy atom. The Kier molecular flexibility index (Phi) is 4.77. The molecule has 1 N–H and O–H groups in total. The molecule has 1 aliphatic heterocycles. The zero-order chi connectivity index (χ0) is 15.4. The molecule has 1 aromatic rings. The number of hydrogen-bond acceptors (Lipinski definition) is 4. The molecule has 0 bridgehead atoms. The van der Waals surface area contributed by atoms with Crippen LogP contribution in [0.15, 0.2) is 18.3 Å². The summed E-state index contributed by atoms with van der Waals surface area (Å²) < 4.78 is 0. The van der Waals surface area contributed by atoms with Gasteiger partial charge in [-0.2, -0.15) is 0 Å². The lowest BCUT2D eigenvalue weighted by atomic mass is 10.2. The number of anilines is 1. The van der Waals surface area contributed by atoms with Gasteiger partial charge in [-0.05, 0) is 26.8 Å². The van der Waals surface area contributed by atoms with Crippen LogP contribution in [0, 0.1) is 0 Å². The summed E-state index contributed by atoms with van der Waals surface area (Å²) in [6.45, 7) is 8.15. The molecule has 2 amide bonds. The van der Waals surface area contributed by atoms with Gasteiger partial charge in [-0.3, -0.25) is 9.59 Å². The fourth-order valence-electron chi connectivity index (χ4n) is 2.43. The molecule has 1 aromatic heterocycles. The number of amides is 2. The van der Waals surface area contributed by atoms with Crippen molar-refractivity contribution in [3.05, 3.63) is 23.9 Å². The van der Waals surface area contributed by atoms with Crippen molar-refractivity contribution in [1.82, 2.24) is 14.8 Å². The Labute approximate surface area is 125 Å². The molecule has 6 nitrogen and oxygen atoms in total. The van der Waals surface area contributed by atoms with Crippen molar-refractivity contribution in [3.8, 4) is 0 Å². The SMILES string of the molecule is CCNc1ncccc1CN1CCN(C(C)C)C(=O)C1=O. The van der Waals surface area contributed by atoms with Crippen LogP contribution in [0.5, 0.6) is 0 Å². The summed E-state index contributed by atoms with van der Waals surface area (Å²) in [4.78, 5) is 31.8. The highest BCUT2D eigenvalue weighted by Crippen LogP contribution is 2.17. The summed E-state index contributed by atoms with van der Waals surface area (Å²) in [5.41, 5.74) is 0.929. The van der Waals surface area contributed by atoms with Gasteiger partial charge in [0.15, 0.2) is 0 Å². The van der Waals surface area contributed by atoms with E-state index in [9.17, 15) is 9.59 Å². The first kappa shape index (κ1) is 15.3. The largest absolute Gasteiger partial charge is 0.370 e. The molecule has 1 saturated heterocycles. The molecule has 21 heavy (non-hydrogen) atoms. The summed E-state index contributed by atoms with van der Waals surface area (Å²) in [6.07, 6.45) is 1.71. The molecule has 0 spiro atoms. The number of nitrogens with one attached hydrogen (secondary N) is 1. The third-order valence-electron chi connectivity index (χ3n) is 3.56. The van der Waals surface area contributed by atoms with Crippen LogP contribution < -0.4 is 5.32 Å². The molecular formula is C15H22N4O2. The average molecular weight is 290 g/mol. The second-order valence-electron chi connectivity index (χ2n) is 5.36. The fraction of sp³-hybridized carbons (Fsp3) is 0.533. The Morgan fingerprint density at radius 2 is 2.05 bits per heavy atom. The third-order valence-corrected chi connectivity index (χ3v) is 3.56. The van der Waals surface area contributed by atoms with E-state index < -0.39 is 11.8 Å². The van der Waals surface area contributed by atoms with E-state index in [0.717, 1.165) is 17.9 Å². The molecule has 0 atom stereocenters. The number of pyridine rings is 1. The number of hydrogen-bond donors (Lipinski definition) is 1. The number of rotatable bonds is 5. The molecule has 0 aromatic carbocycles. The highest BCUT2D eigenvalue weighted by atomic mass is 16.2. The average Bonchev–Trinajstić information content (AvgIpc) is 2.46. The summed E-state index contributed by atoms with van der Waals surface area (Å²) in [6, 6.07) is 3.82. The molecule has 6 heteroatoms. The third kappa shape index (κ3) is 3.32. The van der Waals surface area contributed by atoms with Gasteiger partial charge in [-0.25, -0.2) is 4.98 Å². The number of carbonyl (C=O) groups is 2. The maximum Gasteiger partial charge on any atom is 0.312 e. The van der Waals surface area contributed by atoms with Crippen molar-refractivity contribution in [2.75, 3.05) is 25.0 Å². The lowest BCUT2D eigenvalue weighted by molar-refractivity contribution is -0.157. The van der Waals surface area contributed by atoms with E-state index in [2.05, 4.69) is 10.3 Å². The standard InChI is InChI=1S/C15H22N4O2/c1-4-16-13-12(6-5-7-17-13)10-18-8-9-19(11(2)3)15(21)14(18)20/h5-7,11H,4,8-10H2,1-3H3,(H,16,17). The summed E-state index contributed by atoms with van der Waals surface area (Å²) >= 11 is 0. The van der Waals surface area contributed by atoms with E-state index in [1.165, 1.54) is 0 Å². The van der Waals surface area contributed by atoms with Crippen LogP contribution in [0.3, 0.4) is 0 Å². The van der Waals surface area contributed by atoms with E-state index in [4.69, 9.17) is 0 Å². The number of aromatic nitrogens is 1. The fourth-order valence-corrected chi connectivity index (χ4v) is 2.43. The predicted octanol–water partition coefficient (Wildman–Crippen LogP) is 1.09. The predicted molar refractivity (Wildman–Crippen MR) is 80.7 cm³/mol. The van der Waals surface area contributed by atoms with E-state index in [1.54, 1.807) is 16.0 Å². The van der Waals surface area contributed by atoms with Gasteiger partial charge in [-0.15, -0.1) is 0 Å². The van der Waals surface area contributed by atoms with E-state index in [1.807, 2.05) is 32.9 Å².